The normalized spacial score (nSPS) is 11.2. The van der Waals surface area contributed by atoms with Crippen LogP contribution < -0.4 is 20.1 Å². The summed E-state index contributed by atoms with van der Waals surface area (Å²) >= 11 is 3.58. The summed E-state index contributed by atoms with van der Waals surface area (Å²) in [6.07, 6.45) is 1.59. The molecule has 1 heterocycles. The molecule has 0 saturated carbocycles. The maximum absolute atomic E-state index is 8.92. The van der Waals surface area contributed by atoms with Crippen molar-refractivity contribution in [3.8, 4) is 11.5 Å². The summed E-state index contributed by atoms with van der Waals surface area (Å²) in [4.78, 5) is 6.71. The number of hydrogen-bond donors (Lipinski definition) is 2. The third-order valence-corrected chi connectivity index (χ3v) is 5.17. The minimum atomic E-state index is 0.00612. The van der Waals surface area contributed by atoms with Gasteiger partial charge >= 0.3 is 0 Å². The zero-order chi connectivity index (χ0) is 21.5. The summed E-state index contributed by atoms with van der Waals surface area (Å²) in [5.41, 5.74) is 8.44. The van der Waals surface area contributed by atoms with Gasteiger partial charge in [-0.05, 0) is 57.4 Å². The fourth-order valence-electron chi connectivity index (χ4n) is 2.97. The summed E-state index contributed by atoms with van der Waals surface area (Å²) in [5.74, 6) is 2.37. The Kier molecular flexibility index (Phi) is 7.13. The maximum atomic E-state index is 8.92. The lowest BCUT2D eigenvalue weighted by Gasteiger charge is -2.25. The van der Waals surface area contributed by atoms with Crippen LogP contribution in [-0.4, -0.2) is 30.2 Å². The van der Waals surface area contributed by atoms with Crippen LogP contribution in [0.4, 0.5) is 5.82 Å². The quantitative estimate of drug-likeness (QED) is 0.222. The number of nitrogens with zero attached hydrogens (tertiary/aromatic N) is 3. The highest BCUT2D eigenvalue weighted by Gasteiger charge is 2.15. The molecule has 156 valence electrons. The van der Waals surface area contributed by atoms with E-state index in [9.17, 15) is 0 Å². The Morgan fingerprint density at radius 1 is 1.00 bits per heavy atom. The summed E-state index contributed by atoms with van der Waals surface area (Å²) in [6, 6.07) is 17.6. The number of amidine groups is 1. The summed E-state index contributed by atoms with van der Waals surface area (Å²) < 4.78 is 11.2. The first-order chi connectivity index (χ1) is 14.5. The van der Waals surface area contributed by atoms with E-state index >= 15 is 0 Å². The molecule has 2 aromatic carbocycles. The molecule has 3 rings (SSSR count). The van der Waals surface area contributed by atoms with Gasteiger partial charge in [0.25, 0.3) is 0 Å². The SMILES string of the molecule is COc1ccc(CN(Cc2ccc(OC)cc2)c2ncc(C(N)=NO)cc2Br)cc1. The molecule has 0 saturated heterocycles. The molecule has 1 aromatic heterocycles. The molecular weight excluding hydrogens is 448 g/mol. The minimum absolute atomic E-state index is 0.00612. The molecule has 0 radical (unpaired) electrons. The zero-order valence-electron chi connectivity index (χ0n) is 16.7. The van der Waals surface area contributed by atoms with Crippen LogP contribution in [0.1, 0.15) is 16.7 Å². The fraction of sp³-hybridized carbons (Fsp3) is 0.182. The number of hydrogen-bond acceptors (Lipinski definition) is 6. The van der Waals surface area contributed by atoms with Crippen LogP contribution in [0.5, 0.6) is 11.5 Å². The van der Waals surface area contributed by atoms with Crippen molar-refractivity contribution in [2.45, 2.75) is 13.1 Å². The molecule has 0 aliphatic carbocycles. The molecule has 8 heteroatoms. The number of benzene rings is 2. The standard InChI is InChI=1S/C22H23BrN4O3/c1-29-18-7-3-15(4-8-18)13-27(14-16-5-9-19(30-2)10-6-16)22-20(23)11-17(12-25-22)21(24)26-28/h3-12,28H,13-14H2,1-2H3,(H2,24,26). The second-order valence-corrected chi connectivity index (χ2v) is 7.42. The Morgan fingerprint density at radius 2 is 1.50 bits per heavy atom. The van der Waals surface area contributed by atoms with Crippen LogP contribution in [0.2, 0.25) is 0 Å². The number of oxime groups is 1. The molecule has 0 aliphatic heterocycles. The molecule has 0 atom stereocenters. The van der Waals surface area contributed by atoms with E-state index in [2.05, 4.69) is 31.0 Å². The van der Waals surface area contributed by atoms with E-state index in [-0.39, 0.29) is 5.84 Å². The number of methoxy groups -OCH3 is 2. The van der Waals surface area contributed by atoms with Gasteiger partial charge in [0.2, 0.25) is 0 Å². The first-order valence-electron chi connectivity index (χ1n) is 9.18. The van der Waals surface area contributed by atoms with Crippen molar-refractivity contribution in [3.05, 3.63) is 82.0 Å². The van der Waals surface area contributed by atoms with Gasteiger partial charge in [-0.25, -0.2) is 4.98 Å². The van der Waals surface area contributed by atoms with Gasteiger partial charge in [-0.3, -0.25) is 0 Å². The summed E-state index contributed by atoms with van der Waals surface area (Å²) in [5, 5.41) is 12.0. The van der Waals surface area contributed by atoms with Gasteiger partial charge in [-0.1, -0.05) is 29.4 Å². The Bertz CT molecular complexity index is 958. The molecule has 3 N–H and O–H groups in total. The third-order valence-electron chi connectivity index (χ3n) is 4.59. The van der Waals surface area contributed by atoms with Gasteiger partial charge < -0.3 is 25.3 Å². The van der Waals surface area contributed by atoms with E-state index in [1.807, 2.05) is 48.5 Å². The Morgan fingerprint density at radius 3 is 1.90 bits per heavy atom. The Balaban J connectivity index is 1.93. The van der Waals surface area contributed by atoms with E-state index in [4.69, 9.17) is 20.4 Å². The number of aromatic nitrogens is 1. The van der Waals surface area contributed by atoms with Crippen LogP contribution in [0.15, 0.2) is 70.4 Å². The zero-order valence-corrected chi connectivity index (χ0v) is 18.3. The highest BCUT2D eigenvalue weighted by molar-refractivity contribution is 9.10. The number of ether oxygens (including phenoxy) is 2. The van der Waals surface area contributed by atoms with Crippen molar-refractivity contribution < 1.29 is 14.7 Å². The van der Waals surface area contributed by atoms with Gasteiger partial charge in [0, 0.05) is 24.8 Å². The Hall–Kier alpha value is -3.26. The van der Waals surface area contributed by atoms with Gasteiger partial charge in [-0.15, -0.1) is 0 Å². The summed E-state index contributed by atoms with van der Waals surface area (Å²) in [7, 11) is 3.30. The number of nitrogens with two attached hydrogens (primary N) is 1. The molecule has 0 amide bonds. The largest absolute Gasteiger partial charge is 0.497 e. The highest BCUT2D eigenvalue weighted by Crippen LogP contribution is 2.28. The number of anilines is 1. The van der Waals surface area contributed by atoms with Crippen LogP contribution in [0.25, 0.3) is 0 Å². The lowest BCUT2D eigenvalue weighted by Crippen LogP contribution is -2.24. The van der Waals surface area contributed by atoms with Gasteiger partial charge in [0.15, 0.2) is 5.84 Å². The van der Waals surface area contributed by atoms with Gasteiger partial charge in [0.05, 0.1) is 18.7 Å². The van der Waals surface area contributed by atoms with Crippen molar-refractivity contribution in [3.63, 3.8) is 0 Å². The molecule has 0 fully saturated rings. The van der Waals surface area contributed by atoms with E-state index in [1.165, 1.54) is 0 Å². The minimum Gasteiger partial charge on any atom is -0.497 e. The van der Waals surface area contributed by atoms with Crippen molar-refractivity contribution in [2.75, 3.05) is 19.1 Å². The van der Waals surface area contributed by atoms with Crippen molar-refractivity contribution >= 4 is 27.6 Å². The third kappa shape index (κ3) is 5.21. The number of rotatable bonds is 8. The maximum Gasteiger partial charge on any atom is 0.171 e. The smallest absolute Gasteiger partial charge is 0.171 e. The van der Waals surface area contributed by atoms with Crippen LogP contribution >= 0.6 is 15.9 Å². The average molecular weight is 471 g/mol. The first-order valence-corrected chi connectivity index (χ1v) is 9.97. The van der Waals surface area contributed by atoms with Crippen molar-refractivity contribution in [2.24, 2.45) is 10.9 Å². The second kappa shape index (κ2) is 9.98. The summed E-state index contributed by atoms with van der Waals surface area (Å²) in [6.45, 7) is 1.26. The van der Waals surface area contributed by atoms with Crippen molar-refractivity contribution in [1.82, 2.24) is 4.98 Å². The molecule has 0 aliphatic rings. The second-order valence-electron chi connectivity index (χ2n) is 6.57. The lowest BCUT2D eigenvalue weighted by atomic mass is 10.1. The molecule has 0 spiro atoms. The topological polar surface area (TPSA) is 93.2 Å². The number of halogens is 1. The van der Waals surface area contributed by atoms with E-state index in [0.29, 0.717) is 18.7 Å². The lowest BCUT2D eigenvalue weighted by molar-refractivity contribution is 0.318. The molecule has 0 unspecified atom stereocenters. The first kappa shape index (κ1) is 21.4. The fourth-order valence-corrected chi connectivity index (χ4v) is 3.57. The molecule has 3 aromatic rings. The van der Waals surface area contributed by atoms with Crippen LogP contribution in [-0.2, 0) is 13.1 Å². The van der Waals surface area contributed by atoms with Crippen LogP contribution in [0.3, 0.4) is 0 Å². The monoisotopic (exact) mass is 470 g/mol. The average Bonchev–Trinajstić information content (AvgIpc) is 2.79. The van der Waals surface area contributed by atoms with E-state index in [1.54, 1.807) is 26.5 Å². The predicted molar refractivity (Wildman–Crippen MR) is 120 cm³/mol. The van der Waals surface area contributed by atoms with E-state index < -0.39 is 0 Å². The van der Waals surface area contributed by atoms with Crippen molar-refractivity contribution in [1.29, 1.82) is 0 Å². The van der Waals surface area contributed by atoms with Crippen LogP contribution in [0, 0.1) is 0 Å². The molecule has 30 heavy (non-hydrogen) atoms. The molecular formula is C22H23BrN4O3. The number of pyridine rings is 1. The van der Waals surface area contributed by atoms with Gasteiger partial charge in [0.1, 0.15) is 17.3 Å². The molecule has 0 bridgehead atoms. The van der Waals surface area contributed by atoms with Gasteiger partial charge in [-0.2, -0.15) is 0 Å². The predicted octanol–water partition coefficient (Wildman–Crippen LogP) is 4.16. The molecule has 7 nitrogen and oxygen atoms in total. The van der Waals surface area contributed by atoms with E-state index in [0.717, 1.165) is 32.9 Å². The highest BCUT2D eigenvalue weighted by atomic mass is 79.9. The Labute approximate surface area is 183 Å².